The van der Waals surface area contributed by atoms with E-state index in [1.54, 1.807) is 0 Å². The van der Waals surface area contributed by atoms with Crippen LogP contribution in [-0.4, -0.2) is 23.1 Å². The van der Waals surface area contributed by atoms with E-state index in [4.69, 9.17) is 0 Å². The van der Waals surface area contributed by atoms with Crippen molar-refractivity contribution in [3.05, 3.63) is 12.2 Å². The molecule has 0 nitrogen and oxygen atoms in total. The molecule has 0 saturated carbocycles. The Hall–Kier alpha value is 1.97. The number of hydrogen-bond donors (Lipinski definition) is 0. The van der Waals surface area contributed by atoms with E-state index >= 15 is 0 Å². The largest absolute Gasteiger partial charge is 2.00 e. The van der Waals surface area contributed by atoms with E-state index < -0.39 is 0 Å². The third-order valence-electron chi connectivity index (χ3n) is 1.39. The van der Waals surface area contributed by atoms with Gasteiger partial charge in [-0.1, -0.05) is 25.8 Å². The summed E-state index contributed by atoms with van der Waals surface area (Å²) >= 11 is 0. The molecule has 0 unspecified atom stereocenters. The molecule has 0 aliphatic rings. The van der Waals surface area contributed by atoms with Crippen molar-refractivity contribution in [3.63, 3.8) is 0 Å². The molecule has 0 fully saturated rings. The molecule has 0 radical (unpaired) electrons. The van der Waals surface area contributed by atoms with Gasteiger partial charge in [-0.2, -0.15) is 0 Å². The maximum absolute atomic E-state index is 3.85. The van der Waals surface area contributed by atoms with Crippen LogP contribution < -0.4 is 48.0 Å². The van der Waals surface area contributed by atoms with Crippen LogP contribution >= 0.6 is 0 Å². The molecule has 70 valence electrons. The standard InChI is InChI=1S/C9H18.2HI.Mg/c1-8(2)6-5-7-9(3)4;;;/h9H,1,5-7H2,2-4H3;2*1H;/q;;;+2/p-2. The first-order chi connectivity index (χ1) is 4.13. The summed E-state index contributed by atoms with van der Waals surface area (Å²) in [5.41, 5.74) is 1.32. The fraction of sp³-hybridized carbons (Fsp3) is 0.778. The van der Waals surface area contributed by atoms with Crippen molar-refractivity contribution in [1.82, 2.24) is 0 Å². The molecule has 12 heavy (non-hydrogen) atoms. The zero-order valence-corrected chi connectivity index (χ0v) is 14.1. The average molecular weight is 404 g/mol. The van der Waals surface area contributed by atoms with E-state index in [0.29, 0.717) is 0 Å². The minimum absolute atomic E-state index is 0. The van der Waals surface area contributed by atoms with E-state index in [2.05, 4.69) is 27.4 Å². The molecule has 0 aromatic rings. The van der Waals surface area contributed by atoms with Gasteiger partial charge in [0.2, 0.25) is 0 Å². The molecule has 0 aromatic carbocycles. The Labute approximate surface area is 128 Å². The van der Waals surface area contributed by atoms with Crippen molar-refractivity contribution < 1.29 is 48.0 Å². The van der Waals surface area contributed by atoms with Crippen molar-refractivity contribution in [3.8, 4) is 0 Å². The Balaban J connectivity index is -0.000000107. The van der Waals surface area contributed by atoms with E-state index in [1.165, 1.54) is 24.8 Å². The molecule has 0 heterocycles. The Morgan fingerprint density at radius 3 is 1.92 bits per heavy atom. The zero-order valence-electron chi connectivity index (χ0n) is 8.37. The van der Waals surface area contributed by atoms with Crippen molar-refractivity contribution in [2.75, 3.05) is 0 Å². The summed E-state index contributed by atoms with van der Waals surface area (Å²) in [6.45, 7) is 10.5. The van der Waals surface area contributed by atoms with Gasteiger partial charge in [0.25, 0.3) is 0 Å². The second kappa shape index (κ2) is 15.4. The number of halogens is 2. The number of hydrogen-bond acceptors (Lipinski definition) is 0. The zero-order chi connectivity index (χ0) is 7.28. The topological polar surface area (TPSA) is 0 Å². The maximum atomic E-state index is 3.85. The molecule has 0 atom stereocenters. The van der Waals surface area contributed by atoms with E-state index in [1.807, 2.05) is 0 Å². The molecule has 0 rings (SSSR count). The summed E-state index contributed by atoms with van der Waals surface area (Å²) in [4.78, 5) is 0. The number of rotatable bonds is 4. The molecule has 0 bridgehead atoms. The van der Waals surface area contributed by atoms with Crippen LogP contribution in [-0.2, 0) is 0 Å². The quantitative estimate of drug-likeness (QED) is 0.267. The summed E-state index contributed by atoms with van der Waals surface area (Å²) in [5, 5.41) is 0. The molecule has 3 heteroatoms. The van der Waals surface area contributed by atoms with Crippen LogP contribution in [0.1, 0.15) is 40.0 Å². The third kappa shape index (κ3) is 22.7. The van der Waals surface area contributed by atoms with Gasteiger partial charge >= 0.3 is 23.1 Å². The van der Waals surface area contributed by atoms with Crippen molar-refractivity contribution in [2.24, 2.45) is 5.92 Å². The van der Waals surface area contributed by atoms with Gasteiger partial charge in [-0.15, -0.1) is 6.58 Å². The second-order valence-corrected chi connectivity index (χ2v) is 3.24. The summed E-state index contributed by atoms with van der Waals surface area (Å²) in [6.07, 6.45) is 3.86. The minimum Gasteiger partial charge on any atom is -1.00 e. The molecule has 0 N–H and O–H groups in total. The van der Waals surface area contributed by atoms with Gasteiger partial charge in [-0.25, -0.2) is 0 Å². The van der Waals surface area contributed by atoms with E-state index in [-0.39, 0.29) is 71.0 Å². The molecule has 0 aliphatic heterocycles. The van der Waals surface area contributed by atoms with Gasteiger partial charge in [-0.05, 0) is 25.7 Å². The van der Waals surface area contributed by atoms with Crippen LogP contribution in [0.2, 0.25) is 0 Å². The Kier molecular flexibility index (Phi) is 30.4. The van der Waals surface area contributed by atoms with Gasteiger partial charge < -0.3 is 48.0 Å². The van der Waals surface area contributed by atoms with Crippen LogP contribution in [0.5, 0.6) is 0 Å². The van der Waals surface area contributed by atoms with Gasteiger partial charge in [0, 0.05) is 0 Å². The predicted octanol–water partition coefficient (Wildman–Crippen LogP) is -2.98. The van der Waals surface area contributed by atoms with E-state index in [9.17, 15) is 0 Å². The normalized spacial score (nSPS) is 7.67. The summed E-state index contributed by atoms with van der Waals surface area (Å²) < 4.78 is 0. The van der Waals surface area contributed by atoms with Crippen LogP contribution in [0, 0.1) is 5.92 Å². The molecule has 0 saturated heterocycles. The van der Waals surface area contributed by atoms with Crippen molar-refractivity contribution >= 4 is 23.1 Å². The van der Waals surface area contributed by atoms with Crippen LogP contribution in [0.3, 0.4) is 0 Å². The van der Waals surface area contributed by atoms with Crippen LogP contribution in [0.4, 0.5) is 0 Å². The molecular weight excluding hydrogens is 386 g/mol. The molecular formula is C9H18I2Mg. The summed E-state index contributed by atoms with van der Waals surface area (Å²) in [7, 11) is 0. The third-order valence-corrected chi connectivity index (χ3v) is 1.39. The number of allylic oxidation sites excluding steroid dienone is 1. The van der Waals surface area contributed by atoms with Crippen molar-refractivity contribution in [1.29, 1.82) is 0 Å². The second-order valence-electron chi connectivity index (χ2n) is 3.24. The molecule has 0 aliphatic carbocycles. The average Bonchev–Trinajstić information content (AvgIpc) is 1.63. The van der Waals surface area contributed by atoms with Crippen LogP contribution in [0.15, 0.2) is 12.2 Å². The maximum Gasteiger partial charge on any atom is 2.00 e. The predicted molar refractivity (Wildman–Crippen MR) is 49.3 cm³/mol. The smallest absolute Gasteiger partial charge is 1.00 e. The Morgan fingerprint density at radius 2 is 1.67 bits per heavy atom. The van der Waals surface area contributed by atoms with Crippen molar-refractivity contribution in [2.45, 2.75) is 40.0 Å². The first-order valence-electron chi connectivity index (χ1n) is 3.77. The van der Waals surface area contributed by atoms with E-state index in [0.717, 1.165) is 5.92 Å². The Morgan fingerprint density at radius 1 is 1.25 bits per heavy atom. The Bertz CT molecular complexity index is 92.5. The minimum atomic E-state index is 0. The summed E-state index contributed by atoms with van der Waals surface area (Å²) in [5.74, 6) is 0.851. The summed E-state index contributed by atoms with van der Waals surface area (Å²) in [6, 6.07) is 0. The van der Waals surface area contributed by atoms with Gasteiger partial charge in [-0.3, -0.25) is 0 Å². The SMILES string of the molecule is C=C(C)CCCC(C)C.[I-].[I-].[Mg+2]. The van der Waals surface area contributed by atoms with Gasteiger partial charge in [0.1, 0.15) is 0 Å². The molecule has 0 spiro atoms. The van der Waals surface area contributed by atoms with Gasteiger partial charge in [0.05, 0.1) is 0 Å². The molecule has 0 aromatic heterocycles. The fourth-order valence-electron chi connectivity index (χ4n) is 0.812. The van der Waals surface area contributed by atoms with Gasteiger partial charge in [0.15, 0.2) is 0 Å². The first kappa shape index (κ1) is 23.6. The first-order valence-corrected chi connectivity index (χ1v) is 3.77. The fourth-order valence-corrected chi connectivity index (χ4v) is 0.812. The van der Waals surface area contributed by atoms with Crippen LogP contribution in [0.25, 0.3) is 0 Å². The monoisotopic (exact) mass is 404 g/mol. The molecule has 0 amide bonds.